The van der Waals surface area contributed by atoms with Gasteiger partial charge < -0.3 is 10.6 Å². The van der Waals surface area contributed by atoms with E-state index in [1.807, 2.05) is 6.07 Å². The molecule has 18 heavy (non-hydrogen) atoms. The SMILES string of the molecule is NC(=NOC(=O)c1ccccc1)c1ccc[nH+]c1. The maximum atomic E-state index is 11.6. The lowest BCUT2D eigenvalue weighted by Gasteiger charge is -1.99. The van der Waals surface area contributed by atoms with E-state index in [-0.39, 0.29) is 5.84 Å². The van der Waals surface area contributed by atoms with Crippen molar-refractivity contribution in [2.75, 3.05) is 0 Å². The first-order chi connectivity index (χ1) is 8.77. The third kappa shape index (κ3) is 2.91. The van der Waals surface area contributed by atoms with Crippen molar-refractivity contribution in [3.8, 4) is 0 Å². The van der Waals surface area contributed by atoms with Crippen LogP contribution in [0.4, 0.5) is 0 Å². The molecule has 0 bridgehead atoms. The first kappa shape index (κ1) is 11.8. The zero-order chi connectivity index (χ0) is 12.8. The Labute approximate surface area is 104 Å². The van der Waals surface area contributed by atoms with Gasteiger partial charge in [-0.2, -0.15) is 0 Å². The molecule has 1 aromatic heterocycles. The molecular formula is C13H12N3O2+. The minimum Gasteiger partial charge on any atom is -0.380 e. The van der Waals surface area contributed by atoms with Gasteiger partial charge in [-0.25, -0.2) is 9.78 Å². The number of hydrogen-bond donors (Lipinski definition) is 1. The van der Waals surface area contributed by atoms with Gasteiger partial charge in [-0.15, -0.1) is 0 Å². The minimum atomic E-state index is -0.543. The van der Waals surface area contributed by atoms with E-state index in [2.05, 4.69) is 10.1 Å². The summed E-state index contributed by atoms with van der Waals surface area (Å²) in [5.74, 6) is -0.408. The van der Waals surface area contributed by atoms with Crippen LogP contribution in [-0.4, -0.2) is 11.8 Å². The molecule has 0 saturated heterocycles. The minimum absolute atomic E-state index is 0.135. The van der Waals surface area contributed by atoms with E-state index >= 15 is 0 Å². The predicted octanol–water partition coefficient (Wildman–Crippen LogP) is 0.978. The van der Waals surface area contributed by atoms with E-state index in [1.54, 1.807) is 48.8 Å². The highest BCUT2D eigenvalue weighted by Crippen LogP contribution is 2.02. The number of carbonyl (C=O) groups is 1. The smallest absolute Gasteiger partial charge is 0.365 e. The topological polar surface area (TPSA) is 78.8 Å². The molecule has 1 aromatic carbocycles. The van der Waals surface area contributed by atoms with Gasteiger partial charge in [0, 0.05) is 6.07 Å². The number of hydrogen-bond acceptors (Lipinski definition) is 3. The average Bonchev–Trinajstić information content (AvgIpc) is 2.46. The van der Waals surface area contributed by atoms with Crippen LogP contribution in [0.5, 0.6) is 0 Å². The summed E-state index contributed by atoms with van der Waals surface area (Å²) < 4.78 is 0. The average molecular weight is 242 g/mol. The lowest BCUT2D eigenvalue weighted by atomic mass is 10.2. The van der Waals surface area contributed by atoms with Crippen LogP contribution in [0.15, 0.2) is 60.0 Å². The Morgan fingerprint density at radius 2 is 1.83 bits per heavy atom. The number of nitrogens with two attached hydrogens (primary N) is 1. The lowest BCUT2D eigenvalue weighted by Crippen LogP contribution is -2.17. The normalized spacial score (nSPS) is 11.0. The maximum absolute atomic E-state index is 11.6. The zero-order valence-corrected chi connectivity index (χ0v) is 9.54. The van der Waals surface area contributed by atoms with Crippen LogP contribution in [0, 0.1) is 0 Å². The van der Waals surface area contributed by atoms with E-state index in [9.17, 15) is 4.79 Å². The monoisotopic (exact) mass is 242 g/mol. The van der Waals surface area contributed by atoms with Gasteiger partial charge >= 0.3 is 5.97 Å². The van der Waals surface area contributed by atoms with E-state index in [0.717, 1.165) is 0 Å². The number of aromatic amines is 1. The number of amidine groups is 1. The fourth-order valence-corrected chi connectivity index (χ4v) is 1.32. The van der Waals surface area contributed by atoms with E-state index in [0.29, 0.717) is 11.1 Å². The number of benzene rings is 1. The third-order valence-electron chi connectivity index (χ3n) is 2.24. The molecule has 3 N–H and O–H groups in total. The van der Waals surface area contributed by atoms with Crippen LogP contribution >= 0.6 is 0 Å². The van der Waals surface area contributed by atoms with Crippen molar-refractivity contribution in [2.24, 2.45) is 10.9 Å². The van der Waals surface area contributed by atoms with Gasteiger partial charge in [0.05, 0.1) is 11.1 Å². The molecule has 1 heterocycles. The van der Waals surface area contributed by atoms with Gasteiger partial charge in [-0.05, 0) is 18.2 Å². The largest absolute Gasteiger partial charge is 0.380 e. The van der Waals surface area contributed by atoms with Crippen molar-refractivity contribution in [3.63, 3.8) is 0 Å². The Balaban J connectivity index is 2.05. The van der Waals surface area contributed by atoms with E-state index < -0.39 is 5.97 Å². The quantitative estimate of drug-likeness (QED) is 0.377. The summed E-state index contributed by atoms with van der Waals surface area (Å²) in [5.41, 5.74) is 6.75. The second-order valence-corrected chi connectivity index (χ2v) is 3.51. The molecule has 5 nitrogen and oxygen atoms in total. The molecule has 2 aromatic rings. The molecule has 0 atom stereocenters. The number of pyridine rings is 1. The summed E-state index contributed by atoms with van der Waals surface area (Å²) in [7, 11) is 0. The Kier molecular flexibility index (Phi) is 3.66. The van der Waals surface area contributed by atoms with Crippen LogP contribution in [0.1, 0.15) is 15.9 Å². The van der Waals surface area contributed by atoms with Gasteiger partial charge in [-0.3, -0.25) is 0 Å². The first-order valence-corrected chi connectivity index (χ1v) is 5.34. The van der Waals surface area contributed by atoms with Crippen molar-refractivity contribution in [1.82, 2.24) is 0 Å². The molecule has 0 spiro atoms. The molecule has 0 fully saturated rings. The molecule has 90 valence electrons. The molecular weight excluding hydrogens is 230 g/mol. The number of rotatable bonds is 3. The van der Waals surface area contributed by atoms with Crippen molar-refractivity contribution in [3.05, 3.63) is 66.0 Å². The van der Waals surface area contributed by atoms with E-state index in [4.69, 9.17) is 10.6 Å². The predicted molar refractivity (Wildman–Crippen MR) is 65.6 cm³/mol. The molecule has 0 saturated carbocycles. The zero-order valence-electron chi connectivity index (χ0n) is 9.54. The Morgan fingerprint density at radius 1 is 1.11 bits per heavy atom. The Bertz CT molecular complexity index is 553. The molecule has 0 amide bonds. The van der Waals surface area contributed by atoms with Crippen LogP contribution in [0.3, 0.4) is 0 Å². The fourth-order valence-electron chi connectivity index (χ4n) is 1.32. The summed E-state index contributed by atoms with van der Waals surface area (Å²) in [4.78, 5) is 19.2. The molecule has 5 heteroatoms. The Morgan fingerprint density at radius 3 is 2.50 bits per heavy atom. The summed E-state index contributed by atoms with van der Waals surface area (Å²) in [6, 6.07) is 12.1. The van der Waals surface area contributed by atoms with Crippen LogP contribution in [-0.2, 0) is 4.84 Å². The van der Waals surface area contributed by atoms with Crippen molar-refractivity contribution in [1.29, 1.82) is 0 Å². The highest BCUT2D eigenvalue weighted by atomic mass is 16.7. The van der Waals surface area contributed by atoms with Gasteiger partial charge in [0.25, 0.3) is 0 Å². The van der Waals surface area contributed by atoms with Gasteiger partial charge in [-0.1, -0.05) is 23.4 Å². The molecule has 0 aliphatic rings. The van der Waals surface area contributed by atoms with Crippen LogP contribution < -0.4 is 10.7 Å². The molecule has 2 rings (SSSR count). The maximum Gasteiger partial charge on any atom is 0.365 e. The van der Waals surface area contributed by atoms with Crippen LogP contribution in [0.25, 0.3) is 0 Å². The van der Waals surface area contributed by atoms with Gasteiger partial charge in [0.15, 0.2) is 18.2 Å². The molecule has 0 unspecified atom stereocenters. The first-order valence-electron chi connectivity index (χ1n) is 5.34. The summed E-state index contributed by atoms with van der Waals surface area (Å²) in [6.07, 6.45) is 3.40. The van der Waals surface area contributed by atoms with Crippen molar-refractivity contribution in [2.45, 2.75) is 0 Å². The molecule has 0 aliphatic carbocycles. The molecule has 0 aliphatic heterocycles. The van der Waals surface area contributed by atoms with E-state index in [1.165, 1.54) is 0 Å². The number of carbonyl (C=O) groups excluding carboxylic acids is 1. The van der Waals surface area contributed by atoms with Gasteiger partial charge in [0.2, 0.25) is 0 Å². The van der Waals surface area contributed by atoms with Crippen molar-refractivity contribution >= 4 is 11.8 Å². The van der Waals surface area contributed by atoms with Gasteiger partial charge in [0.1, 0.15) is 0 Å². The number of oxime groups is 1. The highest BCUT2D eigenvalue weighted by molar-refractivity contribution is 5.97. The Hall–Kier alpha value is -2.69. The fraction of sp³-hybridized carbons (Fsp3) is 0. The number of H-pyrrole nitrogens is 1. The number of nitrogens with one attached hydrogen (secondary N) is 1. The number of aromatic nitrogens is 1. The highest BCUT2D eigenvalue weighted by Gasteiger charge is 2.07. The summed E-state index contributed by atoms with van der Waals surface area (Å²) >= 11 is 0. The van der Waals surface area contributed by atoms with Crippen molar-refractivity contribution < 1.29 is 14.6 Å². The third-order valence-corrected chi connectivity index (χ3v) is 2.24. The summed E-state index contributed by atoms with van der Waals surface area (Å²) in [6.45, 7) is 0. The lowest BCUT2D eigenvalue weighted by molar-refractivity contribution is -0.378. The molecule has 0 radical (unpaired) electrons. The second-order valence-electron chi connectivity index (χ2n) is 3.51. The summed E-state index contributed by atoms with van der Waals surface area (Å²) in [5, 5.41) is 3.60. The number of nitrogens with zero attached hydrogens (tertiary/aromatic N) is 1. The second kappa shape index (κ2) is 5.58. The van der Waals surface area contributed by atoms with Crippen LogP contribution in [0.2, 0.25) is 0 Å². The standard InChI is InChI=1S/C13H11N3O2/c14-12(11-7-4-8-15-9-11)16-18-13(17)10-5-2-1-3-6-10/h1-9H,(H2,14,16)/p+1.